The second-order valence-electron chi connectivity index (χ2n) is 3.58. The van der Waals surface area contributed by atoms with E-state index in [4.69, 9.17) is 4.74 Å². The molecule has 13 heavy (non-hydrogen) atoms. The summed E-state index contributed by atoms with van der Waals surface area (Å²) < 4.78 is 6.06. The van der Waals surface area contributed by atoms with Gasteiger partial charge in [-0.15, -0.1) is 0 Å². The number of aliphatic hydroxyl groups is 1. The van der Waals surface area contributed by atoms with E-state index in [2.05, 4.69) is 0 Å². The minimum atomic E-state index is -0.293. The molecule has 1 aliphatic heterocycles. The topological polar surface area (TPSA) is 46.5 Å². The van der Waals surface area contributed by atoms with Gasteiger partial charge < -0.3 is 9.84 Å². The van der Waals surface area contributed by atoms with Gasteiger partial charge in [-0.25, -0.2) is 0 Å². The number of fused-ring (bicyclic) bond motifs is 1. The predicted octanol–water partition coefficient (Wildman–Crippen LogP) is 1.39. The quantitative estimate of drug-likeness (QED) is 0.687. The largest absolute Gasteiger partial charge is 0.496 e. The number of hydrogen-bond acceptors (Lipinski definition) is 3. The van der Waals surface area contributed by atoms with Crippen molar-refractivity contribution in [3.63, 3.8) is 0 Å². The molecule has 3 nitrogen and oxygen atoms in total. The first-order chi connectivity index (χ1) is 6.18. The van der Waals surface area contributed by atoms with Crippen molar-refractivity contribution in [2.45, 2.75) is 31.5 Å². The Balaban J connectivity index is 2.16. The zero-order valence-corrected chi connectivity index (χ0v) is 9.23. The molecule has 0 aromatic heterocycles. The molecule has 0 spiro atoms. The van der Waals surface area contributed by atoms with Gasteiger partial charge in [0, 0.05) is 6.42 Å². The number of ketones is 1. The minimum absolute atomic E-state index is 0.0136. The lowest BCUT2D eigenvalue weighted by atomic mass is 9.81. The van der Waals surface area contributed by atoms with Crippen LogP contribution in [0.4, 0.5) is 0 Å². The zero-order valence-electron chi connectivity index (χ0n) is 7.07. The standard InChI is InChI=1S/C9H11IO3/c10-7-4-13-8-3-5(11)1-2-6(8)9(7)12/h4-6,8,11H,1-3H2. The SMILES string of the molecule is O=C1C(I)=COC2CC(O)CCC12. The first-order valence-corrected chi connectivity index (χ1v) is 5.50. The molecule has 0 radical (unpaired) electrons. The van der Waals surface area contributed by atoms with Gasteiger partial charge in [0.15, 0.2) is 5.78 Å². The lowest BCUT2D eigenvalue weighted by Crippen LogP contribution is -2.40. The molecule has 1 aliphatic carbocycles. The van der Waals surface area contributed by atoms with Crippen LogP contribution in [0.3, 0.4) is 0 Å². The van der Waals surface area contributed by atoms with Crippen molar-refractivity contribution in [3.8, 4) is 0 Å². The van der Waals surface area contributed by atoms with Crippen molar-refractivity contribution in [2.75, 3.05) is 0 Å². The van der Waals surface area contributed by atoms with Crippen molar-refractivity contribution in [2.24, 2.45) is 5.92 Å². The molecule has 1 fully saturated rings. The summed E-state index contributed by atoms with van der Waals surface area (Å²) in [5.41, 5.74) is 0. The summed E-state index contributed by atoms with van der Waals surface area (Å²) in [5.74, 6) is 0.170. The van der Waals surface area contributed by atoms with Crippen molar-refractivity contribution in [1.29, 1.82) is 0 Å². The molecule has 4 heteroatoms. The molecule has 2 rings (SSSR count). The van der Waals surface area contributed by atoms with Crippen LogP contribution in [-0.4, -0.2) is 23.1 Å². The lowest BCUT2D eigenvalue weighted by Gasteiger charge is -2.34. The average Bonchev–Trinajstić information content (AvgIpc) is 2.12. The Morgan fingerprint density at radius 1 is 1.54 bits per heavy atom. The molecular formula is C9H11IO3. The first kappa shape index (κ1) is 9.45. The van der Waals surface area contributed by atoms with E-state index in [1.807, 2.05) is 22.6 Å². The summed E-state index contributed by atoms with van der Waals surface area (Å²) in [7, 11) is 0. The molecule has 0 saturated heterocycles. The van der Waals surface area contributed by atoms with E-state index in [0.717, 1.165) is 12.8 Å². The van der Waals surface area contributed by atoms with Gasteiger partial charge in [0.05, 0.1) is 15.6 Å². The number of Topliss-reactive ketones (excluding diaryl/α,β-unsaturated/α-hetero) is 1. The van der Waals surface area contributed by atoms with Crippen LogP contribution in [0.1, 0.15) is 19.3 Å². The van der Waals surface area contributed by atoms with Gasteiger partial charge in [0.2, 0.25) is 0 Å². The maximum absolute atomic E-state index is 11.6. The molecule has 1 saturated carbocycles. The van der Waals surface area contributed by atoms with Gasteiger partial charge in [-0.1, -0.05) is 0 Å². The first-order valence-electron chi connectivity index (χ1n) is 4.42. The van der Waals surface area contributed by atoms with E-state index in [1.165, 1.54) is 6.26 Å². The summed E-state index contributed by atoms with van der Waals surface area (Å²) in [6, 6.07) is 0. The molecule has 2 aliphatic rings. The van der Waals surface area contributed by atoms with Gasteiger partial charge in [-0.3, -0.25) is 4.79 Å². The Bertz CT molecular complexity index is 262. The Hall–Kier alpha value is -0.100. The fraction of sp³-hybridized carbons (Fsp3) is 0.667. The van der Waals surface area contributed by atoms with Gasteiger partial charge in [0.1, 0.15) is 12.4 Å². The normalized spacial score (nSPS) is 39.1. The molecule has 0 aromatic carbocycles. The highest BCUT2D eigenvalue weighted by Crippen LogP contribution is 2.34. The summed E-state index contributed by atoms with van der Waals surface area (Å²) in [6.45, 7) is 0. The van der Waals surface area contributed by atoms with Crippen LogP contribution in [0.5, 0.6) is 0 Å². The summed E-state index contributed by atoms with van der Waals surface area (Å²) in [5, 5.41) is 9.39. The van der Waals surface area contributed by atoms with Crippen LogP contribution in [0.15, 0.2) is 9.84 Å². The fourth-order valence-corrected chi connectivity index (χ4v) is 2.49. The Morgan fingerprint density at radius 2 is 2.31 bits per heavy atom. The Labute approximate surface area is 90.3 Å². The molecule has 72 valence electrons. The lowest BCUT2D eigenvalue weighted by molar-refractivity contribution is -0.128. The van der Waals surface area contributed by atoms with Gasteiger partial charge in [-0.05, 0) is 35.4 Å². The number of rotatable bonds is 0. The Kier molecular flexibility index (Phi) is 2.60. The van der Waals surface area contributed by atoms with Crippen molar-refractivity contribution in [3.05, 3.63) is 9.84 Å². The number of carbonyl (C=O) groups excluding carboxylic acids is 1. The minimum Gasteiger partial charge on any atom is -0.496 e. The molecule has 3 unspecified atom stereocenters. The van der Waals surface area contributed by atoms with E-state index < -0.39 is 0 Å². The third kappa shape index (κ3) is 1.74. The highest BCUT2D eigenvalue weighted by atomic mass is 127. The number of halogens is 1. The number of ether oxygens (including phenoxy) is 1. The monoisotopic (exact) mass is 294 g/mol. The Morgan fingerprint density at radius 3 is 3.08 bits per heavy atom. The number of aliphatic hydroxyl groups excluding tert-OH is 1. The van der Waals surface area contributed by atoms with Gasteiger partial charge in [-0.2, -0.15) is 0 Å². The second kappa shape index (κ2) is 3.57. The molecule has 0 aromatic rings. The van der Waals surface area contributed by atoms with Crippen LogP contribution < -0.4 is 0 Å². The van der Waals surface area contributed by atoms with Crippen LogP contribution in [0.2, 0.25) is 0 Å². The van der Waals surface area contributed by atoms with Crippen LogP contribution in [0, 0.1) is 5.92 Å². The number of hydrogen-bond donors (Lipinski definition) is 1. The summed E-state index contributed by atoms with van der Waals surface area (Å²) >= 11 is 2.00. The van der Waals surface area contributed by atoms with E-state index in [1.54, 1.807) is 0 Å². The fourth-order valence-electron chi connectivity index (χ4n) is 1.94. The smallest absolute Gasteiger partial charge is 0.178 e. The van der Waals surface area contributed by atoms with Crippen molar-refractivity contribution >= 4 is 28.4 Å². The third-order valence-corrected chi connectivity index (χ3v) is 3.47. The molecule has 3 atom stereocenters. The number of carbonyl (C=O) groups is 1. The van der Waals surface area contributed by atoms with Gasteiger partial charge in [0.25, 0.3) is 0 Å². The zero-order chi connectivity index (χ0) is 9.42. The summed E-state index contributed by atoms with van der Waals surface area (Å²) in [4.78, 5) is 11.6. The van der Waals surface area contributed by atoms with Crippen molar-refractivity contribution < 1.29 is 14.6 Å². The van der Waals surface area contributed by atoms with Crippen molar-refractivity contribution in [1.82, 2.24) is 0 Å². The molecular weight excluding hydrogens is 283 g/mol. The third-order valence-electron chi connectivity index (χ3n) is 2.68. The van der Waals surface area contributed by atoms with E-state index in [-0.39, 0.29) is 23.9 Å². The van der Waals surface area contributed by atoms with E-state index in [9.17, 15) is 9.90 Å². The molecule has 1 N–H and O–H groups in total. The summed E-state index contributed by atoms with van der Waals surface area (Å²) in [6.07, 6.45) is 3.21. The van der Waals surface area contributed by atoms with Crippen LogP contribution in [0.25, 0.3) is 0 Å². The van der Waals surface area contributed by atoms with Crippen LogP contribution in [-0.2, 0) is 9.53 Å². The predicted molar refractivity (Wildman–Crippen MR) is 55.3 cm³/mol. The maximum atomic E-state index is 11.6. The number of allylic oxidation sites excluding steroid dienone is 1. The highest BCUT2D eigenvalue weighted by molar-refractivity contribution is 14.1. The van der Waals surface area contributed by atoms with E-state index in [0.29, 0.717) is 10.0 Å². The molecule has 0 amide bonds. The second-order valence-corrected chi connectivity index (χ2v) is 4.74. The van der Waals surface area contributed by atoms with E-state index >= 15 is 0 Å². The maximum Gasteiger partial charge on any atom is 0.178 e. The van der Waals surface area contributed by atoms with Crippen LogP contribution >= 0.6 is 22.6 Å². The highest BCUT2D eigenvalue weighted by Gasteiger charge is 2.38. The average molecular weight is 294 g/mol. The molecule has 1 heterocycles. The van der Waals surface area contributed by atoms with Gasteiger partial charge >= 0.3 is 0 Å². The molecule has 0 bridgehead atoms.